The largest absolute Gasteiger partial charge is 0.507 e. The molecule has 0 spiro atoms. The summed E-state index contributed by atoms with van der Waals surface area (Å²) in [4.78, 5) is 27.7. The number of aliphatic hydroxyl groups is 1. The van der Waals surface area contributed by atoms with Crippen LogP contribution in [0.4, 0.5) is 4.39 Å². The quantitative estimate of drug-likeness (QED) is 0.307. The van der Waals surface area contributed by atoms with E-state index in [9.17, 15) is 19.1 Å². The highest BCUT2D eigenvalue weighted by molar-refractivity contribution is 6.46. The van der Waals surface area contributed by atoms with Gasteiger partial charge >= 0.3 is 0 Å². The zero-order valence-electron chi connectivity index (χ0n) is 18.2. The SMILES string of the molecule is CCCOc1cccc(C2/C(=C(\O)c3ccc(F)cc3)C(=O)C(=O)N2Cc2ccccc2)c1. The van der Waals surface area contributed by atoms with E-state index in [0.717, 1.165) is 12.0 Å². The normalized spacial score (nSPS) is 17.4. The third kappa shape index (κ3) is 4.65. The number of amides is 1. The van der Waals surface area contributed by atoms with Crippen LogP contribution in [-0.4, -0.2) is 28.3 Å². The Kier molecular flexibility index (Phi) is 6.54. The molecule has 33 heavy (non-hydrogen) atoms. The second-order valence-corrected chi connectivity index (χ2v) is 7.84. The second-order valence-electron chi connectivity index (χ2n) is 7.84. The molecule has 5 nitrogen and oxygen atoms in total. The Hall–Kier alpha value is -3.93. The van der Waals surface area contributed by atoms with Crippen molar-refractivity contribution >= 4 is 17.4 Å². The van der Waals surface area contributed by atoms with Gasteiger partial charge < -0.3 is 14.7 Å². The van der Waals surface area contributed by atoms with Crippen LogP contribution in [0.25, 0.3) is 5.76 Å². The highest BCUT2D eigenvalue weighted by atomic mass is 19.1. The molecule has 3 aromatic rings. The molecule has 0 aliphatic carbocycles. The maximum Gasteiger partial charge on any atom is 0.295 e. The molecular weight excluding hydrogens is 421 g/mol. The molecule has 1 aliphatic rings. The number of ether oxygens (including phenoxy) is 1. The number of Topliss-reactive ketones (excluding diaryl/α,β-unsaturated/α-hetero) is 1. The minimum absolute atomic E-state index is 0.0322. The van der Waals surface area contributed by atoms with Crippen molar-refractivity contribution in [2.45, 2.75) is 25.9 Å². The van der Waals surface area contributed by atoms with Crippen LogP contribution in [0.1, 0.15) is 36.1 Å². The maximum atomic E-state index is 13.4. The van der Waals surface area contributed by atoms with Gasteiger partial charge in [-0.2, -0.15) is 0 Å². The molecule has 1 amide bonds. The van der Waals surface area contributed by atoms with E-state index >= 15 is 0 Å². The minimum atomic E-state index is -0.819. The number of ketones is 1. The lowest BCUT2D eigenvalue weighted by Gasteiger charge is -2.26. The molecule has 0 saturated carbocycles. The number of likely N-dealkylation sites (tertiary alicyclic amines) is 1. The topological polar surface area (TPSA) is 66.8 Å². The summed E-state index contributed by atoms with van der Waals surface area (Å²) in [6.45, 7) is 2.72. The number of aliphatic hydroxyl groups excluding tert-OH is 1. The fourth-order valence-electron chi connectivity index (χ4n) is 3.93. The number of carbonyl (C=O) groups excluding carboxylic acids is 2. The van der Waals surface area contributed by atoms with Crippen LogP contribution >= 0.6 is 0 Å². The van der Waals surface area contributed by atoms with Crippen molar-refractivity contribution in [2.75, 3.05) is 6.61 Å². The summed E-state index contributed by atoms with van der Waals surface area (Å²) in [6, 6.07) is 20.9. The van der Waals surface area contributed by atoms with Crippen LogP contribution in [0.3, 0.4) is 0 Å². The van der Waals surface area contributed by atoms with Crippen molar-refractivity contribution in [1.82, 2.24) is 4.90 Å². The zero-order valence-corrected chi connectivity index (χ0v) is 18.2. The molecule has 4 rings (SSSR count). The third-order valence-corrected chi connectivity index (χ3v) is 5.50. The molecule has 3 aromatic carbocycles. The van der Waals surface area contributed by atoms with Crippen molar-refractivity contribution in [1.29, 1.82) is 0 Å². The third-order valence-electron chi connectivity index (χ3n) is 5.50. The van der Waals surface area contributed by atoms with Crippen LogP contribution in [0.5, 0.6) is 5.75 Å². The summed E-state index contributed by atoms with van der Waals surface area (Å²) in [5, 5.41) is 11.1. The van der Waals surface area contributed by atoms with Gasteiger partial charge in [0.1, 0.15) is 17.3 Å². The lowest BCUT2D eigenvalue weighted by atomic mass is 9.95. The average Bonchev–Trinajstić information content (AvgIpc) is 3.08. The Morgan fingerprint density at radius 2 is 1.73 bits per heavy atom. The number of hydrogen-bond acceptors (Lipinski definition) is 4. The molecule has 0 bridgehead atoms. The van der Waals surface area contributed by atoms with E-state index in [1.165, 1.54) is 29.2 Å². The van der Waals surface area contributed by atoms with E-state index in [-0.39, 0.29) is 23.4 Å². The van der Waals surface area contributed by atoms with Crippen LogP contribution in [0.2, 0.25) is 0 Å². The minimum Gasteiger partial charge on any atom is -0.507 e. The van der Waals surface area contributed by atoms with Crippen molar-refractivity contribution in [3.05, 3.63) is 107 Å². The molecule has 0 aromatic heterocycles. The van der Waals surface area contributed by atoms with E-state index < -0.39 is 23.5 Å². The summed E-state index contributed by atoms with van der Waals surface area (Å²) >= 11 is 0. The first-order chi connectivity index (χ1) is 16.0. The Morgan fingerprint density at radius 1 is 1.00 bits per heavy atom. The Bertz CT molecular complexity index is 1190. The predicted molar refractivity (Wildman–Crippen MR) is 123 cm³/mol. The number of rotatable bonds is 7. The van der Waals surface area contributed by atoms with Gasteiger partial charge in [-0.25, -0.2) is 4.39 Å². The van der Waals surface area contributed by atoms with Crippen molar-refractivity contribution in [3.63, 3.8) is 0 Å². The van der Waals surface area contributed by atoms with Crippen LogP contribution < -0.4 is 4.74 Å². The van der Waals surface area contributed by atoms with Gasteiger partial charge in [0, 0.05) is 12.1 Å². The van der Waals surface area contributed by atoms with Crippen LogP contribution in [0.15, 0.2) is 84.4 Å². The van der Waals surface area contributed by atoms with Gasteiger partial charge in [0.25, 0.3) is 11.7 Å². The lowest BCUT2D eigenvalue weighted by Crippen LogP contribution is -2.29. The molecular formula is C27H24FNO4. The van der Waals surface area contributed by atoms with Gasteiger partial charge in [-0.3, -0.25) is 9.59 Å². The van der Waals surface area contributed by atoms with E-state index in [1.54, 1.807) is 18.2 Å². The molecule has 1 saturated heterocycles. The average molecular weight is 445 g/mol. The molecule has 1 fully saturated rings. The number of halogens is 1. The summed E-state index contributed by atoms with van der Waals surface area (Å²) in [5.74, 6) is -1.67. The fourth-order valence-corrected chi connectivity index (χ4v) is 3.93. The van der Waals surface area contributed by atoms with E-state index in [4.69, 9.17) is 4.74 Å². The maximum absolute atomic E-state index is 13.4. The fraction of sp³-hybridized carbons (Fsp3) is 0.185. The first-order valence-electron chi connectivity index (χ1n) is 10.8. The monoisotopic (exact) mass is 445 g/mol. The standard InChI is InChI=1S/C27H24FNO4/c1-2-15-33-22-10-6-9-20(16-22)24-23(25(30)19-11-13-21(28)14-12-19)26(31)27(32)29(24)17-18-7-4-3-5-8-18/h3-14,16,24,30H,2,15,17H2,1H3/b25-23+. The predicted octanol–water partition coefficient (Wildman–Crippen LogP) is 5.24. The Balaban J connectivity index is 1.84. The zero-order chi connectivity index (χ0) is 23.4. The Labute approximate surface area is 191 Å². The van der Waals surface area contributed by atoms with Gasteiger partial charge in [-0.15, -0.1) is 0 Å². The molecule has 1 atom stereocenters. The molecule has 1 N–H and O–H groups in total. The summed E-state index contributed by atoms with van der Waals surface area (Å²) < 4.78 is 19.2. The van der Waals surface area contributed by atoms with Gasteiger partial charge in [-0.1, -0.05) is 49.4 Å². The van der Waals surface area contributed by atoms with Crippen LogP contribution in [-0.2, 0) is 16.1 Å². The summed E-state index contributed by atoms with van der Waals surface area (Å²) in [5.41, 5.74) is 1.72. The van der Waals surface area contributed by atoms with E-state index in [2.05, 4.69) is 0 Å². The number of hydrogen-bond donors (Lipinski definition) is 1. The molecule has 1 aliphatic heterocycles. The van der Waals surface area contributed by atoms with Gasteiger partial charge in [0.2, 0.25) is 0 Å². The molecule has 0 radical (unpaired) electrons. The summed E-state index contributed by atoms with van der Waals surface area (Å²) in [7, 11) is 0. The molecule has 1 heterocycles. The van der Waals surface area contributed by atoms with Crippen molar-refractivity contribution in [2.24, 2.45) is 0 Å². The van der Waals surface area contributed by atoms with Crippen LogP contribution in [0, 0.1) is 5.82 Å². The molecule has 168 valence electrons. The van der Waals surface area contributed by atoms with Crippen molar-refractivity contribution in [3.8, 4) is 5.75 Å². The Morgan fingerprint density at radius 3 is 2.42 bits per heavy atom. The van der Waals surface area contributed by atoms with Gasteiger partial charge in [0.05, 0.1) is 18.2 Å². The first kappa shape index (κ1) is 22.3. The highest BCUT2D eigenvalue weighted by Gasteiger charge is 2.46. The number of benzene rings is 3. The molecule has 6 heteroatoms. The smallest absolute Gasteiger partial charge is 0.295 e. The van der Waals surface area contributed by atoms with Gasteiger partial charge in [0.15, 0.2) is 0 Å². The molecule has 1 unspecified atom stereocenters. The van der Waals surface area contributed by atoms with Crippen molar-refractivity contribution < 1.29 is 23.8 Å². The van der Waals surface area contributed by atoms with Gasteiger partial charge in [-0.05, 0) is 53.9 Å². The summed E-state index contributed by atoms with van der Waals surface area (Å²) in [6.07, 6.45) is 0.835. The lowest BCUT2D eigenvalue weighted by molar-refractivity contribution is -0.140. The van der Waals surface area contributed by atoms with E-state index in [0.29, 0.717) is 17.9 Å². The van der Waals surface area contributed by atoms with E-state index in [1.807, 2.05) is 43.3 Å². The first-order valence-corrected chi connectivity index (χ1v) is 10.8. The second kappa shape index (κ2) is 9.69. The number of carbonyl (C=O) groups is 2. The highest BCUT2D eigenvalue weighted by Crippen LogP contribution is 2.41. The number of nitrogens with zero attached hydrogens (tertiary/aromatic N) is 1.